The van der Waals surface area contributed by atoms with Crippen molar-refractivity contribution in [2.45, 2.75) is 0 Å². The standard InChI is InChI=1S/C18H14BrN3O5S/c1-26-14-6-4-3-5-12(14)20-18-21-17(23)15(28-18)8-10-7-11(19)9-13(22(24)25)16(10)27-2/h3-9H,1-2H3,(H,20,21,23)/b15-8-. The SMILES string of the molecule is COc1ccccc1N=C1NC(=O)/C(=C/c2cc(Br)cc([N+](=O)[O-])c2OC)S1. The number of methoxy groups -OCH3 is 2. The quantitative estimate of drug-likeness (QED) is 0.403. The number of thioether (sulfide) groups is 1. The molecule has 28 heavy (non-hydrogen) atoms. The van der Waals surface area contributed by atoms with E-state index in [1.54, 1.807) is 18.2 Å². The molecule has 144 valence electrons. The predicted molar refractivity (Wildman–Crippen MR) is 111 cm³/mol. The van der Waals surface area contributed by atoms with Crippen LogP contribution in [0.4, 0.5) is 11.4 Å². The maximum atomic E-state index is 12.3. The number of carbonyl (C=O) groups is 1. The molecule has 2 aromatic rings. The molecule has 0 aromatic heterocycles. The van der Waals surface area contributed by atoms with Gasteiger partial charge in [0.25, 0.3) is 5.91 Å². The number of aliphatic imine (C=N–C) groups is 1. The number of halogens is 1. The number of amidine groups is 1. The van der Waals surface area contributed by atoms with Gasteiger partial charge in [-0.15, -0.1) is 0 Å². The van der Waals surface area contributed by atoms with Crippen molar-refractivity contribution in [1.82, 2.24) is 5.32 Å². The molecular weight excluding hydrogens is 450 g/mol. The highest BCUT2D eigenvalue weighted by molar-refractivity contribution is 9.10. The summed E-state index contributed by atoms with van der Waals surface area (Å²) in [7, 11) is 2.88. The molecular formula is C18H14BrN3O5S. The minimum absolute atomic E-state index is 0.0733. The van der Waals surface area contributed by atoms with Crippen LogP contribution in [0.5, 0.6) is 11.5 Å². The highest BCUT2D eigenvalue weighted by atomic mass is 79.9. The molecule has 1 heterocycles. The van der Waals surface area contributed by atoms with E-state index < -0.39 is 4.92 Å². The molecule has 3 rings (SSSR count). The summed E-state index contributed by atoms with van der Waals surface area (Å²) >= 11 is 4.37. The lowest BCUT2D eigenvalue weighted by Crippen LogP contribution is -2.19. The van der Waals surface area contributed by atoms with E-state index in [-0.39, 0.29) is 17.3 Å². The molecule has 0 atom stereocenters. The number of carbonyl (C=O) groups excluding carboxylic acids is 1. The summed E-state index contributed by atoms with van der Waals surface area (Å²) in [6.07, 6.45) is 1.53. The van der Waals surface area contributed by atoms with E-state index in [0.717, 1.165) is 11.8 Å². The number of nitrogens with one attached hydrogen (secondary N) is 1. The van der Waals surface area contributed by atoms with E-state index in [1.807, 2.05) is 12.1 Å². The number of para-hydroxylation sites is 2. The lowest BCUT2D eigenvalue weighted by Gasteiger charge is -2.07. The fraction of sp³-hybridized carbons (Fsp3) is 0.111. The van der Waals surface area contributed by atoms with Gasteiger partial charge >= 0.3 is 5.69 Å². The van der Waals surface area contributed by atoms with Gasteiger partial charge in [-0.25, -0.2) is 4.99 Å². The van der Waals surface area contributed by atoms with Gasteiger partial charge in [-0.2, -0.15) is 0 Å². The number of hydrogen-bond acceptors (Lipinski definition) is 7. The van der Waals surface area contributed by atoms with Gasteiger partial charge in [0.2, 0.25) is 5.75 Å². The Morgan fingerprint density at radius 1 is 1.25 bits per heavy atom. The Balaban J connectivity index is 1.98. The summed E-state index contributed by atoms with van der Waals surface area (Å²) in [6, 6.07) is 10.1. The summed E-state index contributed by atoms with van der Waals surface area (Å²) in [5.41, 5.74) is 0.777. The molecule has 1 amide bonds. The third-order valence-corrected chi connectivity index (χ3v) is 5.08. The maximum absolute atomic E-state index is 12.3. The van der Waals surface area contributed by atoms with Gasteiger partial charge in [0.15, 0.2) is 5.17 Å². The highest BCUT2D eigenvalue weighted by Gasteiger charge is 2.26. The van der Waals surface area contributed by atoms with Crippen LogP contribution >= 0.6 is 27.7 Å². The summed E-state index contributed by atoms with van der Waals surface area (Å²) < 4.78 is 10.9. The molecule has 1 saturated heterocycles. The molecule has 0 spiro atoms. The molecule has 1 aliphatic rings. The summed E-state index contributed by atoms with van der Waals surface area (Å²) in [5.74, 6) is 0.291. The Hall–Kier alpha value is -2.85. The molecule has 0 bridgehead atoms. The first kappa shape index (κ1) is 19.9. The summed E-state index contributed by atoms with van der Waals surface area (Å²) in [4.78, 5) is 27.8. The number of benzene rings is 2. The van der Waals surface area contributed by atoms with Crippen LogP contribution in [0.3, 0.4) is 0 Å². The minimum Gasteiger partial charge on any atom is -0.494 e. The average molecular weight is 464 g/mol. The smallest absolute Gasteiger partial charge is 0.312 e. The molecule has 8 nitrogen and oxygen atoms in total. The fourth-order valence-corrected chi connectivity index (χ4v) is 3.81. The van der Waals surface area contributed by atoms with E-state index in [2.05, 4.69) is 26.2 Å². The van der Waals surface area contributed by atoms with Crippen molar-refractivity contribution in [3.63, 3.8) is 0 Å². The third kappa shape index (κ3) is 4.18. The van der Waals surface area contributed by atoms with Crippen molar-refractivity contribution >= 4 is 56.2 Å². The Bertz CT molecular complexity index is 1020. The van der Waals surface area contributed by atoms with Gasteiger partial charge in [0.1, 0.15) is 11.4 Å². The average Bonchev–Trinajstić information content (AvgIpc) is 3.00. The Morgan fingerprint density at radius 2 is 2.00 bits per heavy atom. The molecule has 0 saturated carbocycles. The number of nitrogens with zero attached hydrogens (tertiary/aromatic N) is 2. The second-order valence-electron chi connectivity index (χ2n) is 5.46. The van der Waals surface area contributed by atoms with Crippen LogP contribution < -0.4 is 14.8 Å². The van der Waals surface area contributed by atoms with Gasteiger partial charge in [-0.05, 0) is 36.0 Å². The van der Waals surface area contributed by atoms with Gasteiger partial charge in [0, 0.05) is 16.1 Å². The van der Waals surface area contributed by atoms with Gasteiger partial charge < -0.3 is 14.8 Å². The first-order chi connectivity index (χ1) is 13.4. The first-order valence-electron chi connectivity index (χ1n) is 7.87. The normalized spacial score (nSPS) is 16.3. The zero-order valence-corrected chi connectivity index (χ0v) is 17.2. The van der Waals surface area contributed by atoms with Crippen molar-refractivity contribution in [3.8, 4) is 11.5 Å². The zero-order chi connectivity index (χ0) is 20.3. The van der Waals surface area contributed by atoms with Gasteiger partial charge in [-0.1, -0.05) is 28.1 Å². The molecule has 10 heteroatoms. The minimum atomic E-state index is -0.540. The van der Waals surface area contributed by atoms with Crippen LogP contribution in [0.2, 0.25) is 0 Å². The highest BCUT2D eigenvalue weighted by Crippen LogP contribution is 2.38. The van der Waals surface area contributed by atoms with Crippen molar-refractivity contribution in [2.75, 3.05) is 14.2 Å². The summed E-state index contributed by atoms with van der Waals surface area (Å²) in [5, 5.41) is 14.3. The van der Waals surface area contributed by atoms with Crippen LogP contribution in [0.25, 0.3) is 6.08 Å². The Morgan fingerprint density at radius 3 is 2.68 bits per heavy atom. The van der Waals surface area contributed by atoms with Crippen molar-refractivity contribution in [2.24, 2.45) is 4.99 Å². The predicted octanol–water partition coefficient (Wildman–Crippen LogP) is 4.27. The number of ether oxygens (including phenoxy) is 2. The number of nitro benzene ring substituents is 1. The van der Waals surface area contributed by atoms with Crippen molar-refractivity contribution in [1.29, 1.82) is 0 Å². The second kappa shape index (κ2) is 8.44. The van der Waals surface area contributed by atoms with Crippen LogP contribution in [0, 0.1) is 10.1 Å². The molecule has 2 aromatic carbocycles. The molecule has 0 aliphatic carbocycles. The van der Waals surface area contributed by atoms with Crippen LogP contribution in [-0.2, 0) is 4.79 Å². The van der Waals surface area contributed by atoms with Crippen LogP contribution in [0.15, 0.2) is 50.8 Å². The second-order valence-corrected chi connectivity index (χ2v) is 7.40. The Kier molecular flexibility index (Phi) is 6.00. The Labute approximate surface area is 172 Å². The molecule has 0 unspecified atom stereocenters. The third-order valence-electron chi connectivity index (χ3n) is 3.71. The number of amides is 1. The largest absolute Gasteiger partial charge is 0.494 e. The summed E-state index contributed by atoms with van der Waals surface area (Å²) in [6.45, 7) is 0. The molecule has 0 radical (unpaired) electrons. The van der Waals surface area contributed by atoms with Crippen LogP contribution in [0.1, 0.15) is 5.56 Å². The lowest BCUT2D eigenvalue weighted by atomic mass is 10.1. The number of rotatable bonds is 5. The zero-order valence-electron chi connectivity index (χ0n) is 14.8. The van der Waals surface area contributed by atoms with Crippen molar-refractivity contribution < 1.29 is 19.2 Å². The number of nitro groups is 1. The first-order valence-corrected chi connectivity index (χ1v) is 9.48. The van der Waals surface area contributed by atoms with E-state index >= 15 is 0 Å². The van der Waals surface area contributed by atoms with Gasteiger partial charge in [0.05, 0.1) is 24.0 Å². The number of hydrogen-bond donors (Lipinski definition) is 1. The van der Waals surface area contributed by atoms with E-state index in [1.165, 1.54) is 26.4 Å². The van der Waals surface area contributed by atoms with Crippen molar-refractivity contribution in [3.05, 3.63) is 61.5 Å². The topological polar surface area (TPSA) is 103 Å². The molecule has 1 N–H and O–H groups in total. The fourth-order valence-electron chi connectivity index (χ4n) is 2.52. The van der Waals surface area contributed by atoms with E-state index in [4.69, 9.17) is 9.47 Å². The lowest BCUT2D eigenvalue weighted by molar-refractivity contribution is -0.385. The van der Waals surface area contributed by atoms with E-state index in [9.17, 15) is 14.9 Å². The monoisotopic (exact) mass is 463 g/mol. The van der Waals surface area contributed by atoms with Crippen LogP contribution in [-0.4, -0.2) is 30.2 Å². The maximum Gasteiger partial charge on any atom is 0.312 e. The molecule has 1 aliphatic heterocycles. The van der Waals surface area contributed by atoms with E-state index in [0.29, 0.717) is 31.5 Å². The molecule has 1 fully saturated rings. The van der Waals surface area contributed by atoms with Gasteiger partial charge in [-0.3, -0.25) is 14.9 Å².